The molecule has 3 aromatic rings. The lowest BCUT2D eigenvalue weighted by atomic mass is 9.83. The van der Waals surface area contributed by atoms with Gasteiger partial charge in [-0.15, -0.1) is 0 Å². The van der Waals surface area contributed by atoms with Gasteiger partial charge in [-0.2, -0.15) is 0 Å². The first kappa shape index (κ1) is 24.0. The summed E-state index contributed by atoms with van der Waals surface area (Å²) in [6, 6.07) is 15.8. The van der Waals surface area contributed by atoms with Crippen molar-refractivity contribution in [3.8, 4) is 0 Å². The molecular weight excluding hydrogens is 470 g/mol. The van der Waals surface area contributed by atoms with E-state index < -0.39 is 24.1 Å². The van der Waals surface area contributed by atoms with Gasteiger partial charge in [0.15, 0.2) is 24.0 Å². The summed E-state index contributed by atoms with van der Waals surface area (Å²) in [5.74, 6) is -2.21. The molecule has 0 atom stereocenters. The molecule has 1 amide bonds. The summed E-state index contributed by atoms with van der Waals surface area (Å²) in [5.41, 5.74) is 1.75. The van der Waals surface area contributed by atoms with Crippen LogP contribution < -0.4 is 5.32 Å². The minimum atomic E-state index is -0.878. The molecule has 35 heavy (non-hydrogen) atoms. The summed E-state index contributed by atoms with van der Waals surface area (Å²) in [4.78, 5) is 61.8. The smallest absolute Gasteiger partial charge is 0.340 e. The van der Waals surface area contributed by atoms with Gasteiger partial charge in [0, 0.05) is 35.7 Å². The van der Waals surface area contributed by atoms with Crippen LogP contribution in [-0.4, -0.2) is 42.4 Å². The summed E-state index contributed by atoms with van der Waals surface area (Å²) in [6.45, 7) is 1.41. The number of esters is 1. The highest BCUT2D eigenvalue weighted by Gasteiger charge is 2.33. The van der Waals surface area contributed by atoms with Gasteiger partial charge in [0.25, 0.3) is 0 Å². The number of ketones is 3. The van der Waals surface area contributed by atoms with Crippen molar-refractivity contribution in [2.45, 2.75) is 13.3 Å². The van der Waals surface area contributed by atoms with E-state index in [1.54, 1.807) is 42.5 Å². The number of carbonyl (C=O) groups excluding carboxylic acids is 5. The molecule has 0 saturated carbocycles. The number of halogens is 1. The summed E-state index contributed by atoms with van der Waals surface area (Å²) < 4.78 is 5.15. The molecule has 0 fully saturated rings. The van der Waals surface area contributed by atoms with Gasteiger partial charge in [-0.25, -0.2) is 4.79 Å². The zero-order valence-corrected chi connectivity index (χ0v) is 19.5. The molecule has 176 valence electrons. The van der Waals surface area contributed by atoms with Gasteiger partial charge in [-0.1, -0.05) is 60.1 Å². The van der Waals surface area contributed by atoms with Gasteiger partial charge in [0.1, 0.15) is 0 Å². The van der Waals surface area contributed by atoms with Crippen molar-refractivity contribution in [3.63, 3.8) is 0 Å². The molecule has 0 heterocycles. The van der Waals surface area contributed by atoms with Crippen LogP contribution >= 0.6 is 11.6 Å². The monoisotopic (exact) mass is 489 g/mol. The van der Waals surface area contributed by atoms with Crippen LogP contribution in [0.25, 0.3) is 0 Å². The highest BCUT2D eigenvalue weighted by molar-refractivity contribution is 6.41. The molecule has 1 aliphatic carbocycles. The molecule has 0 saturated heterocycles. The predicted molar refractivity (Wildman–Crippen MR) is 128 cm³/mol. The number of hydrogen-bond acceptors (Lipinski definition) is 6. The molecule has 8 heteroatoms. The van der Waals surface area contributed by atoms with Crippen molar-refractivity contribution in [3.05, 3.63) is 105 Å². The van der Waals surface area contributed by atoms with Crippen LogP contribution in [0.1, 0.15) is 65.0 Å². The fourth-order valence-corrected chi connectivity index (χ4v) is 4.16. The summed E-state index contributed by atoms with van der Waals surface area (Å²) in [6.07, 6.45) is 0.617. The molecule has 1 N–H and O–H groups in total. The van der Waals surface area contributed by atoms with E-state index >= 15 is 0 Å². The largest absolute Gasteiger partial charge is 0.454 e. The molecule has 0 aliphatic heterocycles. The van der Waals surface area contributed by atoms with E-state index in [2.05, 4.69) is 5.32 Å². The Kier molecular flexibility index (Phi) is 6.89. The van der Waals surface area contributed by atoms with Crippen LogP contribution in [0.3, 0.4) is 0 Å². The van der Waals surface area contributed by atoms with Crippen LogP contribution in [0.2, 0.25) is 5.02 Å². The van der Waals surface area contributed by atoms with E-state index in [4.69, 9.17) is 16.3 Å². The third kappa shape index (κ3) is 4.90. The number of nitrogens with one attached hydrogen (secondary N) is 1. The van der Waals surface area contributed by atoms with E-state index in [9.17, 15) is 24.0 Å². The Hall–Kier alpha value is -4.10. The number of rotatable bonds is 7. The fourth-order valence-electron chi connectivity index (χ4n) is 3.84. The topological polar surface area (TPSA) is 107 Å². The molecule has 7 nitrogen and oxygen atoms in total. The van der Waals surface area contributed by atoms with E-state index in [-0.39, 0.29) is 44.5 Å². The average molecular weight is 490 g/mol. The Morgan fingerprint density at radius 1 is 0.857 bits per heavy atom. The van der Waals surface area contributed by atoms with Crippen molar-refractivity contribution >= 4 is 40.8 Å². The standard InChI is InChI=1S/C27H20ClNO6/c1-15(30)29-13-12-16-6-8-17(9-7-16)22(31)14-35-27(34)21-11-10-20-23(24(21)28)26(33)19-5-3-2-4-18(19)25(20)32/h2-11H,12-14H2,1H3,(H,29,30). The Bertz CT molecular complexity index is 1380. The predicted octanol–water partition coefficient (Wildman–Crippen LogP) is 3.83. The highest BCUT2D eigenvalue weighted by Crippen LogP contribution is 2.34. The van der Waals surface area contributed by atoms with E-state index in [1.165, 1.54) is 25.1 Å². The lowest BCUT2D eigenvalue weighted by molar-refractivity contribution is -0.118. The number of fused-ring (bicyclic) bond motifs is 2. The summed E-state index contributed by atoms with van der Waals surface area (Å²) in [7, 11) is 0. The third-order valence-electron chi connectivity index (χ3n) is 5.65. The van der Waals surface area contributed by atoms with Crippen molar-refractivity contribution in [2.24, 2.45) is 0 Å². The molecule has 1 aliphatic rings. The Balaban J connectivity index is 1.44. The number of hydrogen-bond donors (Lipinski definition) is 1. The minimum absolute atomic E-state index is 0.0500. The SMILES string of the molecule is CC(=O)NCCc1ccc(C(=O)COC(=O)c2ccc3c(c2Cl)C(=O)c2ccccc2C3=O)cc1. The van der Waals surface area contributed by atoms with Gasteiger partial charge in [-0.3, -0.25) is 19.2 Å². The number of benzene rings is 3. The molecule has 0 spiro atoms. The molecule has 0 radical (unpaired) electrons. The second kappa shape index (κ2) is 10.0. The molecular formula is C27H20ClNO6. The third-order valence-corrected chi connectivity index (χ3v) is 6.04. The maximum atomic E-state index is 13.0. The Labute approximate surface area is 206 Å². The zero-order chi connectivity index (χ0) is 25.1. The number of Topliss-reactive ketones (excluding diaryl/α,β-unsaturated/α-hetero) is 1. The lowest BCUT2D eigenvalue weighted by Gasteiger charge is -2.19. The number of ether oxygens (including phenoxy) is 1. The number of amides is 1. The van der Waals surface area contributed by atoms with Crippen molar-refractivity contribution in [1.82, 2.24) is 5.32 Å². The van der Waals surface area contributed by atoms with E-state index in [1.807, 2.05) is 0 Å². The van der Waals surface area contributed by atoms with Crippen LogP contribution in [0.5, 0.6) is 0 Å². The average Bonchev–Trinajstić information content (AvgIpc) is 2.85. The highest BCUT2D eigenvalue weighted by atomic mass is 35.5. The lowest BCUT2D eigenvalue weighted by Crippen LogP contribution is -2.23. The normalized spacial score (nSPS) is 11.9. The van der Waals surface area contributed by atoms with Gasteiger partial charge >= 0.3 is 5.97 Å². The minimum Gasteiger partial charge on any atom is -0.454 e. The van der Waals surface area contributed by atoms with Crippen LogP contribution in [0.15, 0.2) is 60.7 Å². The van der Waals surface area contributed by atoms with Crippen LogP contribution in [0.4, 0.5) is 0 Å². The zero-order valence-electron chi connectivity index (χ0n) is 18.7. The van der Waals surface area contributed by atoms with Crippen molar-refractivity contribution in [2.75, 3.05) is 13.2 Å². The van der Waals surface area contributed by atoms with Crippen LogP contribution in [-0.2, 0) is 16.0 Å². The van der Waals surface area contributed by atoms with E-state index in [0.717, 1.165) is 5.56 Å². The Morgan fingerprint density at radius 3 is 2.17 bits per heavy atom. The summed E-state index contributed by atoms with van der Waals surface area (Å²) in [5, 5.41) is 2.52. The van der Waals surface area contributed by atoms with E-state index in [0.29, 0.717) is 18.5 Å². The molecule has 0 bridgehead atoms. The van der Waals surface area contributed by atoms with Gasteiger partial charge < -0.3 is 10.1 Å². The van der Waals surface area contributed by atoms with Crippen molar-refractivity contribution < 1.29 is 28.7 Å². The maximum absolute atomic E-state index is 13.0. The second-order valence-electron chi connectivity index (χ2n) is 7.98. The molecule has 3 aromatic carbocycles. The van der Waals surface area contributed by atoms with Crippen LogP contribution in [0, 0.1) is 0 Å². The summed E-state index contributed by atoms with van der Waals surface area (Å²) >= 11 is 6.37. The van der Waals surface area contributed by atoms with Gasteiger partial charge in [0.05, 0.1) is 16.1 Å². The maximum Gasteiger partial charge on any atom is 0.340 e. The first-order valence-electron chi connectivity index (χ1n) is 10.8. The molecule has 4 rings (SSSR count). The fraction of sp³-hybridized carbons (Fsp3) is 0.148. The Morgan fingerprint density at radius 2 is 1.51 bits per heavy atom. The number of carbonyl (C=O) groups is 5. The molecule has 0 unspecified atom stereocenters. The second-order valence-corrected chi connectivity index (χ2v) is 8.36. The van der Waals surface area contributed by atoms with Gasteiger partial charge in [0.2, 0.25) is 5.91 Å². The quantitative estimate of drug-likeness (QED) is 0.312. The van der Waals surface area contributed by atoms with Crippen molar-refractivity contribution in [1.29, 1.82) is 0 Å². The van der Waals surface area contributed by atoms with Gasteiger partial charge in [-0.05, 0) is 24.1 Å². The molecule has 0 aromatic heterocycles. The first-order chi connectivity index (χ1) is 16.8. The first-order valence-corrected chi connectivity index (χ1v) is 11.2.